The van der Waals surface area contributed by atoms with Gasteiger partial charge in [0.2, 0.25) is 0 Å². The zero-order chi connectivity index (χ0) is 23.1. The predicted octanol–water partition coefficient (Wildman–Crippen LogP) is 7.80. The van der Waals surface area contributed by atoms with Crippen molar-refractivity contribution in [3.63, 3.8) is 0 Å². The molecule has 0 atom stereocenters. The van der Waals surface area contributed by atoms with E-state index in [0.717, 1.165) is 61.3 Å². The second-order valence-electron chi connectivity index (χ2n) is 8.66. The number of aryl methyl sites for hydroxylation is 2. The van der Waals surface area contributed by atoms with E-state index in [-0.39, 0.29) is 0 Å². The van der Waals surface area contributed by atoms with Crippen molar-refractivity contribution in [3.05, 3.63) is 115 Å². The van der Waals surface area contributed by atoms with E-state index in [2.05, 4.69) is 84.9 Å². The Balaban J connectivity index is 1.66. The van der Waals surface area contributed by atoms with Gasteiger partial charge in [-0.1, -0.05) is 78.9 Å². The highest BCUT2D eigenvalue weighted by molar-refractivity contribution is 6.08. The third kappa shape index (κ3) is 3.61. The maximum absolute atomic E-state index is 5.14. The molecule has 6 aromatic rings. The lowest BCUT2D eigenvalue weighted by Crippen LogP contribution is -1.95. The van der Waals surface area contributed by atoms with Gasteiger partial charge in [0.15, 0.2) is 0 Å². The van der Waals surface area contributed by atoms with Gasteiger partial charge < -0.3 is 0 Å². The Morgan fingerprint density at radius 3 is 1.88 bits per heavy atom. The van der Waals surface area contributed by atoms with Gasteiger partial charge >= 0.3 is 0 Å². The molecule has 0 fully saturated rings. The molecule has 0 saturated heterocycles. The van der Waals surface area contributed by atoms with Gasteiger partial charge in [0, 0.05) is 33.3 Å². The quantitative estimate of drug-likeness (QED) is 0.265. The van der Waals surface area contributed by atoms with E-state index in [1.54, 1.807) is 0 Å². The summed E-state index contributed by atoms with van der Waals surface area (Å²) in [5, 5.41) is 2.16. The highest BCUT2D eigenvalue weighted by Crippen LogP contribution is 2.35. The van der Waals surface area contributed by atoms with Gasteiger partial charge in [0.25, 0.3) is 0 Å². The summed E-state index contributed by atoms with van der Waals surface area (Å²) in [6, 6.07) is 35.8. The molecule has 162 valence electrons. The lowest BCUT2D eigenvalue weighted by Gasteiger charge is -2.13. The van der Waals surface area contributed by atoms with Crippen LogP contribution in [0.15, 0.2) is 103 Å². The molecular formula is C31H23N3. The minimum atomic E-state index is 0.921. The summed E-state index contributed by atoms with van der Waals surface area (Å²) in [5.41, 5.74) is 10.2. The molecule has 6 rings (SSSR count). The Labute approximate surface area is 198 Å². The number of fused-ring (bicyclic) bond motifs is 3. The molecule has 3 heteroatoms. The van der Waals surface area contributed by atoms with E-state index in [9.17, 15) is 0 Å². The number of aromatic nitrogens is 3. The number of benzene rings is 3. The van der Waals surface area contributed by atoms with Gasteiger partial charge in [-0.15, -0.1) is 0 Å². The molecule has 3 aromatic carbocycles. The molecule has 0 N–H and O–H groups in total. The van der Waals surface area contributed by atoms with Crippen molar-refractivity contribution >= 4 is 21.8 Å². The van der Waals surface area contributed by atoms with Crippen LogP contribution in [0.1, 0.15) is 11.4 Å². The van der Waals surface area contributed by atoms with Crippen molar-refractivity contribution in [2.24, 2.45) is 0 Å². The second kappa shape index (κ2) is 8.20. The summed E-state index contributed by atoms with van der Waals surface area (Å²) in [7, 11) is 0. The molecule has 3 nitrogen and oxygen atoms in total. The summed E-state index contributed by atoms with van der Waals surface area (Å²) >= 11 is 0. The van der Waals surface area contributed by atoms with Gasteiger partial charge in [-0.3, -0.25) is 9.97 Å². The third-order valence-electron chi connectivity index (χ3n) is 6.18. The van der Waals surface area contributed by atoms with Crippen LogP contribution in [0.25, 0.3) is 55.4 Å². The lowest BCUT2D eigenvalue weighted by atomic mass is 9.97. The Bertz CT molecular complexity index is 1600. The molecule has 34 heavy (non-hydrogen) atoms. The van der Waals surface area contributed by atoms with Crippen molar-refractivity contribution in [2.45, 2.75) is 13.8 Å². The molecule has 0 aliphatic rings. The Kier molecular flexibility index (Phi) is 4.88. The Morgan fingerprint density at radius 1 is 0.471 bits per heavy atom. The fraction of sp³-hybridized carbons (Fsp3) is 0.0645. The first-order chi connectivity index (χ1) is 16.7. The van der Waals surface area contributed by atoms with Gasteiger partial charge in [-0.05, 0) is 49.2 Å². The van der Waals surface area contributed by atoms with E-state index in [1.807, 2.05) is 32.0 Å². The minimum absolute atomic E-state index is 0.921. The standard InChI is InChI=1S/C31H23N3/c1-20-13-14-24-15-16-26-27(17-21(2)33-31(26)30(24)32-20)29-19-25(22-9-5-3-6-10-22)18-28(34-29)23-11-7-4-8-12-23/h3-19H,1-2H3. The van der Waals surface area contributed by atoms with Crippen molar-refractivity contribution < 1.29 is 0 Å². The molecule has 0 amide bonds. The maximum atomic E-state index is 5.14. The van der Waals surface area contributed by atoms with Crippen LogP contribution in [0.4, 0.5) is 0 Å². The Hall–Kier alpha value is -4.37. The van der Waals surface area contributed by atoms with Gasteiger partial charge in [-0.25, -0.2) is 4.98 Å². The molecular weight excluding hydrogens is 414 g/mol. The summed E-state index contributed by atoms with van der Waals surface area (Å²) in [6.45, 7) is 4.06. The molecule has 3 heterocycles. The highest BCUT2D eigenvalue weighted by atomic mass is 14.8. The van der Waals surface area contributed by atoms with Gasteiger partial charge in [0.1, 0.15) is 0 Å². The summed E-state index contributed by atoms with van der Waals surface area (Å²) in [6.07, 6.45) is 0. The summed E-state index contributed by atoms with van der Waals surface area (Å²) in [4.78, 5) is 14.9. The highest BCUT2D eigenvalue weighted by Gasteiger charge is 2.14. The van der Waals surface area contributed by atoms with Crippen LogP contribution in [0.5, 0.6) is 0 Å². The number of pyridine rings is 3. The molecule has 0 aliphatic heterocycles. The van der Waals surface area contributed by atoms with E-state index >= 15 is 0 Å². The molecule has 3 aromatic heterocycles. The number of hydrogen-bond donors (Lipinski definition) is 0. The molecule has 0 aliphatic carbocycles. The first-order valence-corrected chi connectivity index (χ1v) is 11.5. The van der Waals surface area contributed by atoms with Crippen molar-refractivity contribution in [3.8, 4) is 33.6 Å². The van der Waals surface area contributed by atoms with E-state index < -0.39 is 0 Å². The first kappa shape index (κ1) is 20.3. The van der Waals surface area contributed by atoms with E-state index in [0.29, 0.717) is 0 Å². The molecule has 0 radical (unpaired) electrons. The predicted molar refractivity (Wildman–Crippen MR) is 141 cm³/mol. The van der Waals surface area contributed by atoms with E-state index in [1.165, 1.54) is 5.56 Å². The van der Waals surface area contributed by atoms with Crippen molar-refractivity contribution in [2.75, 3.05) is 0 Å². The number of hydrogen-bond acceptors (Lipinski definition) is 3. The minimum Gasteiger partial charge on any atom is -0.251 e. The van der Waals surface area contributed by atoms with Crippen LogP contribution in [0, 0.1) is 13.8 Å². The number of rotatable bonds is 3. The average molecular weight is 438 g/mol. The Morgan fingerprint density at radius 2 is 1.12 bits per heavy atom. The van der Waals surface area contributed by atoms with Crippen LogP contribution < -0.4 is 0 Å². The van der Waals surface area contributed by atoms with Crippen LogP contribution in [0.2, 0.25) is 0 Å². The van der Waals surface area contributed by atoms with Gasteiger partial charge in [-0.2, -0.15) is 0 Å². The maximum Gasteiger partial charge on any atom is 0.0974 e. The van der Waals surface area contributed by atoms with Crippen LogP contribution in [-0.2, 0) is 0 Å². The zero-order valence-electron chi connectivity index (χ0n) is 19.2. The second-order valence-corrected chi connectivity index (χ2v) is 8.66. The van der Waals surface area contributed by atoms with Crippen LogP contribution >= 0.6 is 0 Å². The van der Waals surface area contributed by atoms with Crippen molar-refractivity contribution in [1.82, 2.24) is 15.0 Å². The van der Waals surface area contributed by atoms with Crippen LogP contribution in [0.3, 0.4) is 0 Å². The van der Waals surface area contributed by atoms with Crippen molar-refractivity contribution in [1.29, 1.82) is 0 Å². The molecule has 0 unspecified atom stereocenters. The monoisotopic (exact) mass is 437 g/mol. The fourth-order valence-electron chi connectivity index (χ4n) is 4.53. The number of nitrogens with zero attached hydrogens (tertiary/aromatic N) is 3. The normalized spacial score (nSPS) is 11.2. The summed E-state index contributed by atoms with van der Waals surface area (Å²) in [5.74, 6) is 0. The molecule has 0 saturated carbocycles. The zero-order valence-corrected chi connectivity index (χ0v) is 19.2. The molecule has 0 spiro atoms. The molecule has 0 bridgehead atoms. The summed E-state index contributed by atoms with van der Waals surface area (Å²) < 4.78 is 0. The topological polar surface area (TPSA) is 38.7 Å². The fourth-order valence-corrected chi connectivity index (χ4v) is 4.53. The van der Waals surface area contributed by atoms with E-state index in [4.69, 9.17) is 15.0 Å². The largest absolute Gasteiger partial charge is 0.251 e. The van der Waals surface area contributed by atoms with Crippen LogP contribution in [-0.4, -0.2) is 15.0 Å². The average Bonchev–Trinajstić information content (AvgIpc) is 2.89. The smallest absolute Gasteiger partial charge is 0.0974 e. The third-order valence-corrected chi connectivity index (χ3v) is 6.18. The lowest BCUT2D eigenvalue weighted by molar-refractivity contribution is 1.22. The SMILES string of the molecule is Cc1ccc2ccc3c(-c4cc(-c5ccccc5)cc(-c5ccccc5)n4)cc(C)nc3c2n1. The first-order valence-electron chi connectivity index (χ1n) is 11.5. The van der Waals surface area contributed by atoms with Gasteiger partial charge in [0.05, 0.1) is 22.4 Å².